The Morgan fingerprint density at radius 1 is 0.810 bits per heavy atom. The van der Waals surface area contributed by atoms with Crippen molar-refractivity contribution in [3.05, 3.63) is 36.4 Å². The van der Waals surface area contributed by atoms with E-state index in [1.165, 1.54) is 56.8 Å². The van der Waals surface area contributed by atoms with Crippen LogP contribution in [-0.4, -0.2) is 11.5 Å². The summed E-state index contributed by atoms with van der Waals surface area (Å²) in [4.78, 5) is 4.63. The molecule has 0 aliphatic rings. The van der Waals surface area contributed by atoms with E-state index in [2.05, 4.69) is 47.6 Å². The normalized spacial score (nSPS) is 10.9. The third-order valence-corrected chi connectivity index (χ3v) is 3.93. The molecule has 1 N–H and O–H groups in total. The first-order chi connectivity index (χ1) is 10.4. The van der Waals surface area contributed by atoms with E-state index in [4.69, 9.17) is 0 Å². The van der Waals surface area contributed by atoms with Gasteiger partial charge in [-0.2, -0.15) is 0 Å². The number of pyridine rings is 1. The second kappa shape index (κ2) is 9.38. The standard InChI is InChI=1S/C19H28N2/c1-2-3-4-5-6-7-8-11-16-20-19-15-14-17-12-9-10-13-18(17)21-19/h9-10,12-15H,2-8,11,16H2,1H3,(H,20,21). The van der Waals surface area contributed by atoms with Gasteiger partial charge >= 0.3 is 0 Å². The van der Waals surface area contributed by atoms with E-state index in [9.17, 15) is 0 Å². The van der Waals surface area contributed by atoms with Crippen LogP contribution in [0.5, 0.6) is 0 Å². The van der Waals surface area contributed by atoms with Gasteiger partial charge in [0.25, 0.3) is 0 Å². The molecule has 2 rings (SSSR count). The van der Waals surface area contributed by atoms with E-state index in [1.54, 1.807) is 0 Å². The van der Waals surface area contributed by atoms with Crippen LogP contribution in [0.3, 0.4) is 0 Å². The van der Waals surface area contributed by atoms with E-state index in [0.717, 1.165) is 17.9 Å². The summed E-state index contributed by atoms with van der Waals surface area (Å²) < 4.78 is 0. The molecule has 2 nitrogen and oxygen atoms in total. The van der Waals surface area contributed by atoms with E-state index in [0.29, 0.717) is 0 Å². The lowest BCUT2D eigenvalue weighted by Gasteiger charge is -2.06. The number of para-hydroxylation sites is 1. The van der Waals surface area contributed by atoms with Gasteiger partial charge in [0.05, 0.1) is 5.52 Å². The monoisotopic (exact) mass is 284 g/mol. The maximum absolute atomic E-state index is 4.63. The summed E-state index contributed by atoms with van der Waals surface area (Å²) in [6, 6.07) is 12.5. The summed E-state index contributed by atoms with van der Waals surface area (Å²) in [6.07, 6.45) is 10.9. The molecular weight excluding hydrogens is 256 g/mol. The Kier molecular flexibility index (Phi) is 7.06. The van der Waals surface area contributed by atoms with E-state index >= 15 is 0 Å². The number of nitrogens with one attached hydrogen (secondary N) is 1. The molecule has 1 aromatic carbocycles. The molecule has 0 radical (unpaired) electrons. The molecule has 0 spiro atoms. The van der Waals surface area contributed by atoms with Crippen LogP contribution in [0.4, 0.5) is 5.82 Å². The van der Waals surface area contributed by atoms with Crippen molar-refractivity contribution in [3.8, 4) is 0 Å². The van der Waals surface area contributed by atoms with Crippen molar-refractivity contribution in [2.24, 2.45) is 0 Å². The van der Waals surface area contributed by atoms with Gasteiger partial charge in [0.1, 0.15) is 5.82 Å². The van der Waals surface area contributed by atoms with Crippen molar-refractivity contribution >= 4 is 16.7 Å². The third-order valence-electron chi connectivity index (χ3n) is 3.93. The molecule has 0 amide bonds. The lowest BCUT2D eigenvalue weighted by molar-refractivity contribution is 0.581. The predicted octanol–water partition coefficient (Wildman–Crippen LogP) is 5.79. The number of fused-ring (bicyclic) bond motifs is 1. The maximum atomic E-state index is 4.63. The number of anilines is 1. The Balaban J connectivity index is 1.59. The van der Waals surface area contributed by atoms with E-state index in [-0.39, 0.29) is 0 Å². The highest BCUT2D eigenvalue weighted by Crippen LogP contribution is 2.14. The predicted molar refractivity (Wildman–Crippen MR) is 92.8 cm³/mol. The van der Waals surface area contributed by atoms with Crippen molar-refractivity contribution in [1.82, 2.24) is 4.98 Å². The molecular formula is C19H28N2. The fraction of sp³-hybridized carbons (Fsp3) is 0.526. The average molecular weight is 284 g/mol. The number of hydrogen-bond donors (Lipinski definition) is 1. The van der Waals surface area contributed by atoms with Crippen molar-refractivity contribution in [1.29, 1.82) is 0 Å². The van der Waals surface area contributed by atoms with Gasteiger partial charge in [0.2, 0.25) is 0 Å². The van der Waals surface area contributed by atoms with E-state index in [1.807, 2.05) is 6.07 Å². The Hall–Kier alpha value is -1.57. The van der Waals surface area contributed by atoms with Crippen LogP contribution in [0.15, 0.2) is 36.4 Å². The summed E-state index contributed by atoms with van der Waals surface area (Å²) in [5, 5.41) is 4.64. The summed E-state index contributed by atoms with van der Waals surface area (Å²) >= 11 is 0. The van der Waals surface area contributed by atoms with Gasteiger partial charge in [-0.3, -0.25) is 0 Å². The average Bonchev–Trinajstić information content (AvgIpc) is 2.53. The Morgan fingerprint density at radius 2 is 1.52 bits per heavy atom. The van der Waals surface area contributed by atoms with Crippen molar-refractivity contribution < 1.29 is 0 Å². The number of benzene rings is 1. The lowest BCUT2D eigenvalue weighted by Crippen LogP contribution is -2.03. The zero-order valence-corrected chi connectivity index (χ0v) is 13.3. The van der Waals surface area contributed by atoms with Crippen molar-refractivity contribution in [2.75, 3.05) is 11.9 Å². The summed E-state index contributed by atoms with van der Waals surface area (Å²) in [5.41, 5.74) is 1.07. The molecule has 0 bridgehead atoms. The van der Waals surface area contributed by atoms with Gasteiger partial charge in [-0.05, 0) is 24.6 Å². The summed E-state index contributed by atoms with van der Waals surface area (Å²) in [6.45, 7) is 3.30. The fourth-order valence-corrected chi connectivity index (χ4v) is 2.64. The fourth-order valence-electron chi connectivity index (χ4n) is 2.64. The Morgan fingerprint density at radius 3 is 2.33 bits per heavy atom. The summed E-state index contributed by atoms with van der Waals surface area (Å²) in [7, 11) is 0. The minimum Gasteiger partial charge on any atom is -0.370 e. The molecule has 0 fully saturated rings. The molecule has 0 saturated heterocycles. The first kappa shape index (κ1) is 15.8. The lowest BCUT2D eigenvalue weighted by atomic mass is 10.1. The largest absolute Gasteiger partial charge is 0.370 e. The molecule has 1 heterocycles. The van der Waals surface area contributed by atoms with Crippen LogP contribution < -0.4 is 5.32 Å². The van der Waals surface area contributed by atoms with Crippen LogP contribution >= 0.6 is 0 Å². The van der Waals surface area contributed by atoms with Gasteiger partial charge in [0.15, 0.2) is 0 Å². The van der Waals surface area contributed by atoms with Crippen molar-refractivity contribution in [3.63, 3.8) is 0 Å². The van der Waals surface area contributed by atoms with Gasteiger partial charge in [-0.25, -0.2) is 4.98 Å². The highest BCUT2D eigenvalue weighted by Gasteiger charge is 1.97. The quantitative estimate of drug-likeness (QED) is 0.559. The second-order valence-electron chi connectivity index (χ2n) is 5.79. The minimum atomic E-state index is 0.997. The number of nitrogens with zero attached hydrogens (tertiary/aromatic N) is 1. The number of hydrogen-bond acceptors (Lipinski definition) is 2. The van der Waals surface area contributed by atoms with E-state index < -0.39 is 0 Å². The van der Waals surface area contributed by atoms with Gasteiger partial charge in [-0.1, -0.05) is 70.1 Å². The first-order valence-corrected chi connectivity index (χ1v) is 8.50. The molecule has 21 heavy (non-hydrogen) atoms. The van der Waals surface area contributed by atoms with Gasteiger partial charge in [0, 0.05) is 11.9 Å². The highest BCUT2D eigenvalue weighted by atomic mass is 15.0. The zero-order chi connectivity index (χ0) is 14.8. The van der Waals surface area contributed by atoms with Crippen LogP contribution in [-0.2, 0) is 0 Å². The third kappa shape index (κ3) is 5.74. The highest BCUT2D eigenvalue weighted by molar-refractivity contribution is 5.79. The molecule has 1 aromatic heterocycles. The van der Waals surface area contributed by atoms with Gasteiger partial charge < -0.3 is 5.32 Å². The number of unbranched alkanes of at least 4 members (excludes halogenated alkanes) is 7. The smallest absolute Gasteiger partial charge is 0.126 e. The number of aromatic nitrogens is 1. The molecule has 2 aromatic rings. The van der Waals surface area contributed by atoms with Crippen LogP contribution in [0.1, 0.15) is 58.3 Å². The molecule has 0 unspecified atom stereocenters. The van der Waals surface area contributed by atoms with Crippen LogP contribution in [0, 0.1) is 0 Å². The first-order valence-electron chi connectivity index (χ1n) is 8.50. The Bertz CT molecular complexity index is 522. The molecule has 0 saturated carbocycles. The maximum Gasteiger partial charge on any atom is 0.126 e. The van der Waals surface area contributed by atoms with Gasteiger partial charge in [-0.15, -0.1) is 0 Å². The summed E-state index contributed by atoms with van der Waals surface area (Å²) in [5.74, 6) is 0.997. The zero-order valence-electron chi connectivity index (χ0n) is 13.3. The Labute approximate surface area is 129 Å². The van der Waals surface area contributed by atoms with Crippen LogP contribution in [0.2, 0.25) is 0 Å². The van der Waals surface area contributed by atoms with Crippen LogP contribution in [0.25, 0.3) is 10.9 Å². The minimum absolute atomic E-state index is 0.997. The molecule has 114 valence electrons. The molecule has 0 atom stereocenters. The molecule has 0 aliphatic carbocycles. The molecule has 0 aliphatic heterocycles. The van der Waals surface area contributed by atoms with Crippen molar-refractivity contribution in [2.45, 2.75) is 58.3 Å². The second-order valence-corrected chi connectivity index (χ2v) is 5.79. The SMILES string of the molecule is CCCCCCCCCCNc1ccc2ccccc2n1. The molecule has 2 heteroatoms. The topological polar surface area (TPSA) is 24.9 Å². The number of rotatable bonds is 10.